The van der Waals surface area contributed by atoms with Crippen LogP contribution in [0.3, 0.4) is 0 Å². The molecule has 3 amide bonds. The molecule has 0 bridgehead atoms. The van der Waals surface area contributed by atoms with Crippen LogP contribution in [0.5, 0.6) is 5.75 Å². The van der Waals surface area contributed by atoms with Crippen molar-refractivity contribution in [2.45, 2.75) is 32.4 Å². The van der Waals surface area contributed by atoms with Gasteiger partial charge in [0, 0.05) is 37.9 Å². The highest BCUT2D eigenvalue weighted by atomic mass is 16.6. The molecule has 1 aromatic carbocycles. The predicted octanol–water partition coefficient (Wildman–Crippen LogP) is 2.37. The van der Waals surface area contributed by atoms with Crippen molar-refractivity contribution in [3.63, 3.8) is 0 Å². The van der Waals surface area contributed by atoms with Crippen LogP contribution in [0.15, 0.2) is 24.3 Å². The fraction of sp³-hybridized carbons (Fsp3) is 0.579. The first-order chi connectivity index (χ1) is 12.7. The summed E-state index contributed by atoms with van der Waals surface area (Å²) >= 11 is 0. The molecule has 8 heteroatoms. The van der Waals surface area contributed by atoms with Crippen molar-refractivity contribution in [3.05, 3.63) is 24.3 Å². The van der Waals surface area contributed by atoms with Gasteiger partial charge in [-0.05, 0) is 40.0 Å². The second kappa shape index (κ2) is 8.94. The molecular formula is C19H30N4O4. The molecule has 1 aliphatic heterocycles. The summed E-state index contributed by atoms with van der Waals surface area (Å²) in [5.41, 5.74) is 0.105. The van der Waals surface area contributed by atoms with Crippen LogP contribution < -0.4 is 15.4 Å². The molecule has 0 spiro atoms. The van der Waals surface area contributed by atoms with Crippen molar-refractivity contribution in [3.8, 4) is 5.75 Å². The van der Waals surface area contributed by atoms with E-state index in [0.717, 1.165) is 6.54 Å². The average Bonchev–Trinajstić information content (AvgIpc) is 2.58. The summed E-state index contributed by atoms with van der Waals surface area (Å²) < 4.78 is 10.5. The maximum absolute atomic E-state index is 12.8. The van der Waals surface area contributed by atoms with Gasteiger partial charge in [0.15, 0.2) is 0 Å². The molecule has 1 atom stereocenters. The minimum absolute atomic E-state index is 0.151. The molecule has 1 aromatic rings. The molecular weight excluding hydrogens is 348 g/mol. The van der Waals surface area contributed by atoms with Crippen LogP contribution in [-0.2, 0) is 4.74 Å². The number of nitrogens with one attached hydrogen (secondary N) is 2. The standard InChI is InChI=1S/C19H30N4O4/c1-19(2,3)27-18(25)20-12-15-13-22(4)9-10-23(15)17(24)21-14-7-6-8-16(11-14)26-5/h6-8,11,15H,9-10,12-13H2,1-5H3,(H,20,25)(H,21,24)/t15-/m0/s1. The number of anilines is 1. The maximum Gasteiger partial charge on any atom is 0.407 e. The van der Waals surface area contributed by atoms with E-state index in [2.05, 4.69) is 15.5 Å². The van der Waals surface area contributed by atoms with Crippen molar-refractivity contribution >= 4 is 17.8 Å². The van der Waals surface area contributed by atoms with Crippen LogP contribution in [0.1, 0.15) is 20.8 Å². The Morgan fingerprint density at radius 1 is 1.26 bits per heavy atom. The Morgan fingerprint density at radius 3 is 2.67 bits per heavy atom. The molecule has 0 unspecified atom stereocenters. The Kier molecular flexibility index (Phi) is 6.90. The second-order valence-corrected chi connectivity index (χ2v) is 7.65. The minimum atomic E-state index is -0.559. The Labute approximate surface area is 160 Å². The number of carbonyl (C=O) groups excluding carboxylic acids is 2. The van der Waals surface area contributed by atoms with Gasteiger partial charge in [0.25, 0.3) is 0 Å². The van der Waals surface area contributed by atoms with Gasteiger partial charge in [0.2, 0.25) is 0 Å². The minimum Gasteiger partial charge on any atom is -0.497 e. The van der Waals surface area contributed by atoms with E-state index in [4.69, 9.17) is 9.47 Å². The molecule has 2 N–H and O–H groups in total. The molecule has 1 fully saturated rings. The zero-order valence-corrected chi connectivity index (χ0v) is 16.7. The highest BCUT2D eigenvalue weighted by Gasteiger charge is 2.30. The molecule has 0 saturated carbocycles. The number of carbonyl (C=O) groups is 2. The average molecular weight is 378 g/mol. The van der Waals surface area contributed by atoms with E-state index in [1.807, 2.05) is 46.0 Å². The molecule has 1 heterocycles. The number of nitrogens with zero attached hydrogens (tertiary/aromatic N) is 2. The van der Waals surface area contributed by atoms with Crippen molar-refractivity contribution in [2.75, 3.05) is 45.7 Å². The molecule has 8 nitrogen and oxygen atoms in total. The zero-order chi connectivity index (χ0) is 20.0. The van der Waals surface area contributed by atoms with Crippen LogP contribution in [0, 0.1) is 0 Å². The highest BCUT2D eigenvalue weighted by molar-refractivity contribution is 5.90. The van der Waals surface area contributed by atoms with Gasteiger partial charge in [-0.3, -0.25) is 0 Å². The summed E-state index contributed by atoms with van der Waals surface area (Å²) in [5, 5.41) is 5.67. The van der Waals surface area contributed by atoms with E-state index in [1.165, 1.54) is 0 Å². The monoisotopic (exact) mass is 378 g/mol. The smallest absolute Gasteiger partial charge is 0.407 e. The maximum atomic E-state index is 12.8. The molecule has 0 aliphatic carbocycles. The lowest BCUT2D eigenvalue weighted by Crippen LogP contribution is -2.58. The summed E-state index contributed by atoms with van der Waals surface area (Å²) in [5.74, 6) is 0.675. The topological polar surface area (TPSA) is 83.1 Å². The lowest BCUT2D eigenvalue weighted by atomic mass is 10.1. The predicted molar refractivity (Wildman–Crippen MR) is 104 cm³/mol. The summed E-state index contributed by atoms with van der Waals surface area (Å²) in [6, 6.07) is 6.86. The summed E-state index contributed by atoms with van der Waals surface area (Å²) in [4.78, 5) is 28.6. The number of ether oxygens (including phenoxy) is 2. The second-order valence-electron chi connectivity index (χ2n) is 7.65. The number of benzene rings is 1. The zero-order valence-electron chi connectivity index (χ0n) is 16.7. The van der Waals surface area contributed by atoms with Crippen LogP contribution in [0.4, 0.5) is 15.3 Å². The SMILES string of the molecule is COc1cccc(NC(=O)N2CCN(C)C[C@@H]2CNC(=O)OC(C)(C)C)c1. The van der Waals surface area contributed by atoms with Crippen molar-refractivity contribution in [1.82, 2.24) is 15.1 Å². The molecule has 1 aliphatic rings. The largest absolute Gasteiger partial charge is 0.497 e. The molecule has 1 saturated heterocycles. The van der Waals surface area contributed by atoms with E-state index in [9.17, 15) is 9.59 Å². The molecule has 150 valence electrons. The van der Waals surface area contributed by atoms with Gasteiger partial charge in [0.05, 0.1) is 13.2 Å². The summed E-state index contributed by atoms with van der Waals surface area (Å²) in [7, 11) is 3.58. The van der Waals surface area contributed by atoms with Crippen molar-refractivity contribution in [2.24, 2.45) is 0 Å². The lowest BCUT2D eigenvalue weighted by Gasteiger charge is -2.40. The van der Waals surface area contributed by atoms with E-state index in [-0.39, 0.29) is 12.1 Å². The Balaban J connectivity index is 1.99. The number of amides is 3. The molecule has 2 rings (SSSR count). The Morgan fingerprint density at radius 2 is 2.00 bits per heavy atom. The first-order valence-corrected chi connectivity index (χ1v) is 9.05. The fourth-order valence-electron chi connectivity index (χ4n) is 2.86. The lowest BCUT2D eigenvalue weighted by molar-refractivity contribution is 0.0490. The molecule has 27 heavy (non-hydrogen) atoms. The fourth-order valence-corrected chi connectivity index (χ4v) is 2.86. The number of hydrogen-bond donors (Lipinski definition) is 2. The first kappa shape index (κ1) is 20.8. The van der Waals surface area contributed by atoms with Gasteiger partial charge >= 0.3 is 12.1 Å². The van der Waals surface area contributed by atoms with Crippen LogP contribution in [0.2, 0.25) is 0 Å². The number of piperazine rings is 1. The third-order valence-electron chi connectivity index (χ3n) is 4.15. The van der Waals surface area contributed by atoms with Crippen LogP contribution in [0.25, 0.3) is 0 Å². The van der Waals surface area contributed by atoms with E-state index in [1.54, 1.807) is 18.1 Å². The van der Waals surface area contributed by atoms with Gasteiger partial charge in [-0.1, -0.05) is 6.07 Å². The van der Waals surface area contributed by atoms with E-state index < -0.39 is 11.7 Å². The van der Waals surface area contributed by atoms with Gasteiger partial charge < -0.3 is 29.9 Å². The van der Waals surface area contributed by atoms with E-state index >= 15 is 0 Å². The number of likely N-dealkylation sites (N-methyl/N-ethyl adjacent to an activating group) is 1. The quantitative estimate of drug-likeness (QED) is 0.840. The molecule has 0 aromatic heterocycles. The molecule has 0 radical (unpaired) electrons. The van der Waals surface area contributed by atoms with Crippen molar-refractivity contribution < 1.29 is 19.1 Å². The third kappa shape index (κ3) is 6.63. The normalized spacial score (nSPS) is 18.0. The number of rotatable bonds is 4. The van der Waals surface area contributed by atoms with Gasteiger partial charge in [-0.25, -0.2) is 9.59 Å². The Bertz CT molecular complexity index is 659. The highest BCUT2D eigenvalue weighted by Crippen LogP contribution is 2.18. The van der Waals surface area contributed by atoms with Crippen molar-refractivity contribution in [1.29, 1.82) is 0 Å². The van der Waals surface area contributed by atoms with Gasteiger partial charge in [-0.2, -0.15) is 0 Å². The van der Waals surface area contributed by atoms with E-state index in [0.29, 0.717) is 31.1 Å². The summed E-state index contributed by atoms with van der Waals surface area (Å²) in [6.45, 7) is 7.78. The summed E-state index contributed by atoms with van der Waals surface area (Å²) in [6.07, 6.45) is -0.483. The van der Waals surface area contributed by atoms with Crippen LogP contribution in [-0.4, -0.2) is 73.9 Å². The third-order valence-corrected chi connectivity index (χ3v) is 4.15. The number of urea groups is 1. The number of alkyl carbamates (subject to hydrolysis) is 1. The van der Waals surface area contributed by atoms with Gasteiger partial charge in [0.1, 0.15) is 11.4 Å². The number of methoxy groups -OCH3 is 1. The first-order valence-electron chi connectivity index (χ1n) is 9.05. The number of hydrogen-bond acceptors (Lipinski definition) is 5. The van der Waals surface area contributed by atoms with Crippen LogP contribution >= 0.6 is 0 Å². The van der Waals surface area contributed by atoms with Gasteiger partial charge in [-0.15, -0.1) is 0 Å². The Hall–Kier alpha value is -2.48.